The van der Waals surface area contributed by atoms with E-state index in [1.165, 1.54) is 0 Å². The number of benzene rings is 1. The predicted octanol–water partition coefficient (Wildman–Crippen LogP) is 3.27. The summed E-state index contributed by atoms with van der Waals surface area (Å²) in [5.41, 5.74) is 1.06. The van der Waals surface area contributed by atoms with Gasteiger partial charge in [0.15, 0.2) is 0 Å². The first kappa shape index (κ1) is 17.7. The molecule has 1 aromatic carbocycles. The van der Waals surface area contributed by atoms with Gasteiger partial charge in [0.05, 0.1) is 6.04 Å². The molecule has 0 bridgehead atoms. The minimum absolute atomic E-state index is 0.0605. The third-order valence-electron chi connectivity index (χ3n) is 4.29. The monoisotopic (exact) mass is 403 g/mol. The molecule has 2 heterocycles. The molecule has 132 valence electrons. The highest BCUT2D eigenvalue weighted by Crippen LogP contribution is 2.18. The van der Waals surface area contributed by atoms with Gasteiger partial charge < -0.3 is 15.5 Å². The van der Waals surface area contributed by atoms with Crippen molar-refractivity contribution >= 4 is 27.9 Å². The van der Waals surface area contributed by atoms with Crippen molar-refractivity contribution in [2.45, 2.75) is 31.8 Å². The Balaban J connectivity index is 1.54. The van der Waals surface area contributed by atoms with E-state index in [0.29, 0.717) is 0 Å². The Kier molecular flexibility index (Phi) is 5.86. The van der Waals surface area contributed by atoms with Gasteiger partial charge in [-0.05, 0) is 43.5 Å². The lowest BCUT2D eigenvalue weighted by Crippen LogP contribution is -2.51. The zero-order chi connectivity index (χ0) is 17.6. The smallest absolute Gasteiger partial charge is 0.315 e. The summed E-state index contributed by atoms with van der Waals surface area (Å²) in [5.74, 6) is 0.719. The number of carbonyl (C=O) groups is 1. The Bertz CT molecular complexity index is 712. The number of anilines is 1. The number of piperidine rings is 1. The molecule has 6 nitrogen and oxygen atoms in total. The van der Waals surface area contributed by atoms with Crippen molar-refractivity contribution < 1.29 is 4.79 Å². The van der Waals surface area contributed by atoms with Crippen LogP contribution in [0, 0.1) is 0 Å². The molecular formula is C18H22BrN5O. The first-order valence-electron chi connectivity index (χ1n) is 8.46. The van der Waals surface area contributed by atoms with Crippen molar-refractivity contribution in [3.05, 3.63) is 52.8 Å². The average Bonchev–Trinajstić information content (AvgIpc) is 2.62. The van der Waals surface area contributed by atoms with Crippen LogP contribution in [0.15, 0.2) is 47.2 Å². The number of amides is 2. The zero-order valence-corrected chi connectivity index (χ0v) is 15.7. The van der Waals surface area contributed by atoms with Gasteiger partial charge in [-0.25, -0.2) is 14.8 Å². The average molecular weight is 404 g/mol. The van der Waals surface area contributed by atoms with Gasteiger partial charge in [-0.3, -0.25) is 0 Å². The number of hydrogen-bond acceptors (Lipinski definition) is 4. The fourth-order valence-electron chi connectivity index (χ4n) is 3.01. The van der Waals surface area contributed by atoms with E-state index in [1.54, 1.807) is 18.5 Å². The lowest BCUT2D eigenvalue weighted by Gasteiger charge is -2.33. The molecule has 1 saturated heterocycles. The molecule has 0 saturated carbocycles. The Hall–Kier alpha value is -2.15. The first-order chi connectivity index (χ1) is 12.1. The zero-order valence-electron chi connectivity index (χ0n) is 14.2. The molecule has 2 aromatic rings. The maximum atomic E-state index is 12.3. The predicted molar refractivity (Wildman–Crippen MR) is 101 cm³/mol. The Labute approximate surface area is 156 Å². The van der Waals surface area contributed by atoms with E-state index in [9.17, 15) is 4.79 Å². The van der Waals surface area contributed by atoms with Crippen molar-refractivity contribution in [3.63, 3.8) is 0 Å². The first-order valence-corrected chi connectivity index (χ1v) is 9.25. The number of aromatic nitrogens is 2. The van der Waals surface area contributed by atoms with Crippen LogP contribution in [-0.2, 0) is 0 Å². The van der Waals surface area contributed by atoms with Gasteiger partial charge >= 0.3 is 6.03 Å². The number of nitrogens with zero attached hydrogens (tertiary/aromatic N) is 3. The number of hydrogen-bond donors (Lipinski definition) is 2. The van der Waals surface area contributed by atoms with Crippen LogP contribution in [0.5, 0.6) is 0 Å². The summed E-state index contributed by atoms with van der Waals surface area (Å²) in [6, 6.07) is 9.65. The molecular weight excluding hydrogens is 382 g/mol. The van der Waals surface area contributed by atoms with E-state index in [-0.39, 0.29) is 18.1 Å². The van der Waals surface area contributed by atoms with Gasteiger partial charge in [0.1, 0.15) is 0 Å². The van der Waals surface area contributed by atoms with E-state index in [4.69, 9.17) is 0 Å². The summed E-state index contributed by atoms with van der Waals surface area (Å²) in [4.78, 5) is 23.0. The molecule has 2 amide bonds. The second-order valence-corrected chi connectivity index (χ2v) is 7.14. The number of nitrogens with one attached hydrogen (secondary N) is 2. The van der Waals surface area contributed by atoms with Crippen LogP contribution in [0.4, 0.5) is 10.7 Å². The molecule has 25 heavy (non-hydrogen) atoms. The van der Waals surface area contributed by atoms with E-state index in [0.717, 1.165) is 41.9 Å². The molecule has 2 unspecified atom stereocenters. The van der Waals surface area contributed by atoms with Crippen molar-refractivity contribution in [1.29, 1.82) is 0 Å². The lowest BCUT2D eigenvalue weighted by molar-refractivity contribution is 0.232. The minimum Gasteiger partial charge on any atom is -0.339 e. The highest BCUT2D eigenvalue weighted by atomic mass is 79.9. The third kappa shape index (κ3) is 4.92. The van der Waals surface area contributed by atoms with Crippen LogP contribution in [-0.4, -0.2) is 35.1 Å². The van der Waals surface area contributed by atoms with Crippen molar-refractivity contribution in [3.8, 4) is 0 Å². The van der Waals surface area contributed by atoms with Gasteiger partial charge in [0, 0.05) is 36.0 Å². The molecule has 2 atom stereocenters. The molecule has 1 aliphatic rings. The maximum absolute atomic E-state index is 12.3. The molecule has 1 aliphatic heterocycles. The quantitative estimate of drug-likeness (QED) is 0.821. The molecule has 0 radical (unpaired) electrons. The van der Waals surface area contributed by atoms with Crippen LogP contribution in [0.1, 0.15) is 31.4 Å². The number of rotatable bonds is 4. The number of carbonyl (C=O) groups excluding carboxylic acids is 1. The largest absolute Gasteiger partial charge is 0.339 e. The summed E-state index contributed by atoms with van der Waals surface area (Å²) >= 11 is 3.46. The van der Waals surface area contributed by atoms with Crippen molar-refractivity contribution in [1.82, 2.24) is 20.6 Å². The fraction of sp³-hybridized carbons (Fsp3) is 0.389. The lowest BCUT2D eigenvalue weighted by atomic mass is 10.1. The second kappa shape index (κ2) is 8.29. The summed E-state index contributed by atoms with van der Waals surface area (Å²) in [7, 11) is 0. The van der Waals surface area contributed by atoms with Gasteiger partial charge in [-0.1, -0.05) is 28.1 Å². The number of halogens is 1. The topological polar surface area (TPSA) is 70.2 Å². The Morgan fingerprint density at radius 3 is 2.88 bits per heavy atom. The standard InChI is InChI=1S/C18H22BrN5O/c1-13(14-5-2-6-15(19)11-14)22-18(25)23-16-7-3-10-24(12-16)17-20-8-4-9-21-17/h2,4-6,8-9,11,13,16H,3,7,10,12H2,1H3,(H2,22,23,25). The summed E-state index contributed by atoms with van der Waals surface area (Å²) in [5, 5.41) is 6.08. The normalized spacial score (nSPS) is 18.5. The fourth-order valence-corrected chi connectivity index (χ4v) is 3.43. The third-order valence-corrected chi connectivity index (χ3v) is 4.78. The second-order valence-electron chi connectivity index (χ2n) is 6.23. The summed E-state index contributed by atoms with van der Waals surface area (Å²) in [6.45, 7) is 3.62. The van der Waals surface area contributed by atoms with Crippen LogP contribution in [0.3, 0.4) is 0 Å². The summed E-state index contributed by atoms with van der Waals surface area (Å²) < 4.78 is 1.00. The molecule has 1 fully saturated rings. The van der Waals surface area contributed by atoms with Gasteiger partial charge in [0.25, 0.3) is 0 Å². The van der Waals surface area contributed by atoms with Crippen molar-refractivity contribution in [2.75, 3.05) is 18.0 Å². The Morgan fingerprint density at radius 2 is 2.12 bits per heavy atom. The van der Waals surface area contributed by atoms with Crippen molar-refractivity contribution in [2.24, 2.45) is 0 Å². The maximum Gasteiger partial charge on any atom is 0.315 e. The SMILES string of the molecule is CC(NC(=O)NC1CCCN(c2ncccn2)C1)c1cccc(Br)c1. The highest BCUT2D eigenvalue weighted by molar-refractivity contribution is 9.10. The molecule has 1 aromatic heterocycles. The molecule has 2 N–H and O–H groups in total. The van der Waals surface area contributed by atoms with E-state index < -0.39 is 0 Å². The molecule has 7 heteroatoms. The van der Waals surface area contributed by atoms with E-state index in [1.807, 2.05) is 31.2 Å². The molecule has 3 rings (SSSR count). The van der Waals surface area contributed by atoms with Gasteiger partial charge in [-0.15, -0.1) is 0 Å². The highest BCUT2D eigenvalue weighted by Gasteiger charge is 2.23. The summed E-state index contributed by atoms with van der Waals surface area (Å²) in [6.07, 6.45) is 5.45. The van der Waals surface area contributed by atoms with Gasteiger partial charge in [0.2, 0.25) is 5.95 Å². The van der Waals surface area contributed by atoms with Gasteiger partial charge in [-0.2, -0.15) is 0 Å². The molecule has 0 spiro atoms. The van der Waals surface area contributed by atoms with Crippen LogP contribution in [0.25, 0.3) is 0 Å². The Morgan fingerprint density at radius 1 is 1.32 bits per heavy atom. The van der Waals surface area contributed by atoms with E-state index >= 15 is 0 Å². The minimum atomic E-state index is -0.145. The van der Waals surface area contributed by atoms with E-state index in [2.05, 4.69) is 41.4 Å². The van der Waals surface area contributed by atoms with Crippen LogP contribution < -0.4 is 15.5 Å². The molecule has 0 aliphatic carbocycles. The van der Waals surface area contributed by atoms with Crippen LogP contribution in [0.2, 0.25) is 0 Å². The number of urea groups is 1. The van der Waals surface area contributed by atoms with Crippen LogP contribution >= 0.6 is 15.9 Å².